The second kappa shape index (κ2) is 9.84. The highest BCUT2D eigenvalue weighted by Crippen LogP contribution is 2.42. The number of halogens is 4. The minimum absolute atomic E-state index is 0.0106. The molecule has 1 aliphatic rings. The van der Waals surface area contributed by atoms with Gasteiger partial charge in [0.1, 0.15) is 11.4 Å². The van der Waals surface area contributed by atoms with Crippen molar-refractivity contribution in [3.63, 3.8) is 0 Å². The smallest absolute Gasteiger partial charge is 0.376 e. The Morgan fingerprint density at radius 3 is 2.41 bits per heavy atom. The van der Waals surface area contributed by atoms with Crippen LogP contribution in [0.2, 0.25) is 5.02 Å². The molecule has 1 fully saturated rings. The summed E-state index contributed by atoms with van der Waals surface area (Å²) in [4.78, 5) is 15.2. The van der Waals surface area contributed by atoms with Crippen LogP contribution in [0.1, 0.15) is 40.2 Å². The summed E-state index contributed by atoms with van der Waals surface area (Å²) in [5.74, 6) is -0.477. The normalized spacial score (nSPS) is 16.1. The SMILES string of the molecule is Cc1c(-c2ccc(Cl)cc2)c(C(=O)N(C)CC2CCCO2)n(Cc2ccccc2)c1C(F)(F)F. The molecule has 3 aromatic rings. The van der Waals surface area contributed by atoms with Gasteiger partial charge in [-0.2, -0.15) is 13.2 Å². The highest BCUT2D eigenvalue weighted by atomic mass is 35.5. The lowest BCUT2D eigenvalue weighted by Crippen LogP contribution is -2.36. The molecule has 1 aliphatic heterocycles. The summed E-state index contributed by atoms with van der Waals surface area (Å²) in [6.45, 7) is 2.28. The second-order valence-electron chi connectivity index (χ2n) is 8.59. The van der Waals surface area contributed by atoms with Gasteiger partial charge in [0.25, 0.3) is 5.91 Å². The van der Waals surface area contributed by atoms with Gasteiger partial charge >= 0.3 is 6.18 Å². The van der Waals surface area contributed by atoms with Crippen LogP contribution in [0.25, 0.3) is 11.1 Å². The molecule has 2 aromatic carbocycles. The molecule has 0 radical (unpaired) electrons. The third-order valence-corrected chi connectivity index (χ3v) is 6.39. The van der Waals surface area contributed by atoms with E-state index in [0.29, 0.717) is 29.3 Å². The fraction of sp³-hybridized carbons (Fsp3) is 0.346. The van der Waals surface area contributed by atoms with Crippen molar-refractivity contribution in [2.24, 2.45) is 0 Å². The molecule has 0 spiro atoms. The van der Waals surface area contributed by atoms with Gasteiger partial charge in [-0.05, 0) is 48.6 Å². The van der Waals surface area contributed by atoms with Crippen LogP contribution in [0, 0.1) is 6.92 Å². The van der Waals surface area contributed by atoms with Crippen molar-refractivity contribution in [1.29, 1.82) is 0 Å². The van der Waals surface area contributed by atoms with Gasteiger partial charge in [0, 0.05) is 37.3 Å². The van der Waals surface area contributed by atoms with Crippen molar-refractivity contribution in [2.45, 2.75) is 38.6 Å². The zero-order valence-corrected chi connectivity index (χ0v) is 19.8. The monoisotopic (exact) mass is 490 g/mol. The van der Waals surface area contributed by atoms with E-state index < -0.39 is 17.8 Å². The van der Waals surface area contributed by atoms with Gasteiger partial charge in [0.05, 0.1) is 6.10 Å². The minimum Gasteiger partial charge on any atom is -0.376 e. The number of benzene rings is 2. The number of hydrogen-bond acceptors (Lipinski definition) is 2. The Hall–Kier alpha value is -2.77. The lowest BCUT2D eigenvalue weighted by Gasteiger charge is -2.23. The average molecular weight is 491 g/mol. The quantitative estimate of drug-likeness (QED) is 0.399. The van der Waals surface area contributed by atoms with E-state index in [1.165, 1.54) is 11.8 Å². The predicted molar refractivity (Wildman–Crippen MR) is 126 cm³/mol. The van der Waals surface area contributed by atoms with Crippen LogP contribution in [0.15, 0.2) is 54.6 Å². The Kier molecular flexibility index (Phi) is 7.05. The summed E-state index contributed by atoms with van der Waals surface area (Å²) in [5, 5.41) is 0.463. The topological polar surface area (TPSA) is 34.5 Å². The van der Waals surface area contributed by atoms with E-state index in [0.717, 1.165) is 17.4 Å². The van der Waals surface area contributed by atoms with Gasteiger partial charge < -0.3 is 14.2 Å². The third-order valence-electron chi connectivity index (χ3n) is 6.14. The van der Waals surface area contributed by atoms with Gasteiger partial charge in [-0.1, -0.05) is 54.1 Å². The molecule has 4 nitrogen and oxygen atoms in total. The Balaban J connectivity index is 1.90. The van der Waals surface area contributed by atoms with E-state index >= 15 is 0 Å². The number of ether oxygens (including phenoxy) is 1. The van der Waals surface area contributed by atoms with Gasteiger partial charge in [-0.15, -0.1) is 0 Å². The summed E-state index contributed by atoms with van der Waals surface area (Å²) in [6.07, 6.45) is -3.04. The molecule has 0 N–H and O–H groups in total. The van der Waals surface area contributed by atoms with Crippen molar-refractivity contribution in [1.82, 2.24) is 9.47 Å². The maximum atomic E-state index is 14.4. The molecule has 0 bridgehead atoms. The number of alkyl halides is 3. The zero-order valence-electron chi connectivity index (χ0n) is 19.0. The summed E-state index contributed by atoms with van der Waals surface area (Å²) < 4.78 is 49.9. The highest BCUT2D eigenvalue weighted by Gasteiger charge is 2.41. The number of likely N-dealkylation sites (N-methyl/N-ethyl adjacent to an activating group) is 1. The van der Waals surface area contributed by atoms with E-state index in [2.05, 4.69) is 0 Å². The number of amides is 1. The number of carbonyl (C=O) groups excluding carboxylic acids is 1. The van der Waals surface area contributed by atoms with Crippen LogP contribution in [-0.4, -0.2) is 41.7 Å². The van der Waals surface area contributed by atoms with Crippen LogP contribution >= 0.6 is 11.6 Å². The molecule has 1 unspecified atom stereocenters. The molecule has 4 rings (SSSR count). The fourth-order valence-electron chi connectivity index (χ4n) is 4.58. The third kappa shape index (κ3) is 5.00. The molecular formula is C26H26ClF3N2O2. The second-order valence-corrected chi connectivity index (χ2v) is 9.03. The number of carbonyl (C=O) groups is 1. The fourth-order valence-corrected chi connectivity index (χ4v) is 4.71. The van der Waals surface area contributed by atoms with Crippen molar-refractivity contribution in [3.05, 3.63) is 82.1 Å². The molecule has 2 heterocycles. The molecule has 1 saturated heterocycles. The summed E-state index contributed by atoms with van der Waals surface area (Å²) in [6, 6.07) is 15.4. The first kappa shape index (κ1) is 24.4. The first-order valence-corrected chi connectivity index (χ1v) is 11.5. The van der Waals surface area contributed by atoms with Crippen molar-refractivity contribution in [2.75, 3.05) is 20.2 Å². The molecule has 1 atom stereocenters. The summed E-state index contributed by atoms with van der Waals surface area (Å²) >= 11 is 6.03. The molecule has 8 heteroatoms. The summed E-state index contributed by atoms with van der Waals surface area (Å²) in [7, 11) is 1.61. The maximum absolute atomic E-state index is 14.4. The molecule has 0 aliphatic carbocycles. The minimum atomic E-state index is -4.65. The maximum Gasteiger partial charge on any atom is 0.431 e. The van der Waals surface area contributed by atoms with Crippen molar-refractivity contribution in [3.8, 4) is 11.1 Å². The van der Waals surface area contributed by atoms with Crippen LogP contribution in [0.3, 0.4) is 0 Å². The first-order valence-electron chi connectivity index (χ1n) is 11.1. The van der Waals surface area contributed by atoms with Crippen molar-refractivity contribution < 1.29 is 22.7 Å². The van der Waals surface area contributed by atoms with Gasteiger partial charge in [-0.3, -0.25) is 4.79 Å². The Morgan fingerprint density at radius 2 is 1.82 bits per heavy atom. The molecule has 180 valence electrons. The standard InChI is InChI=1S/C26H26ClF3N2O2/c1-17-22(19-10-12-20(27)13-11-19)23(25(33)31(2)16-21-9-6-14-34-21)32(24(17)26(28,29)30)15-18-7-4-3-5-8-18/h3-5,7-8,10-13,21H,6,9,14-16H2,1-2H3. The van der Waals surface area contributed by atoms with Crippen LogP contribution in [-0.2, 0) is 17.5 Å². The summed E-state index contributed by atoms with van der Waals surface area (Å²) in [5.41, 5.74) is 0.643. The first-order chi connectivity index (χ1) is 16.2. The molecule has 1 amide bonds. The van der Waals surface area contributed by atoms with E-state index in [4.69, 9.17) is 16.3 Å². The number of aromatic nitrogens is 1. The van der Waals surface area contributed by atoms with Crippen LogP contribution in [0.5, 0.6) is 0 Å². The lowest BCUT2D eigenvalue weighted by molar-refractivity contribution is -0.143. The Bertz CT molecular complexity index is 1150. The lowest BCUT2D eigenvalue weighted by atomic mass is 10.00. The van der Waals surface area contributed by atoms with E-state index in [1.807, 2.05) is 0 Å². The molecular weight excluding hydrogens is 465 g/mol. The molecule has 1 aromatic heterocycles. The highest BCUT2D eigenvalue weighted by molar-refractivity contribution is 6.30. The van der Waals surface area contributed by atoms with Gasteiger partial charge in [0.2, 0.25) is 0 Å². The zero-order chi connectivity index (χ0) is 24.5. The number of hydrogen-bond donors (Lipinski definition) is 0. The average Bonchev–Trinajstić information content (AvgIpc) is 3.40. The predicted octanol–water partition coefficient (Wildman–Crippen LogP) is 6.44. The van der Waals surface area contributed by atoms with E-state index in [-0.39, 0.29) is 29.5 Å². The van der Waals surface area contributed by atoms with Crippen molar-refractivity contribution >= 4 is 17.5 Å². The number of nitrogens with zero attached hydrogens (tertiary/aromatic N) is 2. The molecule has 0 saturated carbocycles. The van der Waals surface area contributed by atoms with E-state index in [1.54, 1.807) is 61.6 Å². The van der Waals surface area contributed by atoms with Crippen LogP contribution in [0.4, 0.5) is 13.2 Å². The Morgan fingerprint density at radius 1 is 1.15 bits per heavy atom. The van der Waals surface area contributed by atoms with Gasteiger partial charge in [-0.25, -0.2) is 0 Å². The molecule has 34 heavy (non-hydrogen) atoms. The van der Waals surface area contributed by atoms with E-state index in [9.17, 15) is 18.0 Å². The number of rotatable bonds is 6. The van der Waals surface area contributed by atoms with Crippen LogP contribution < -0.4 is 0 Å². The Labute approximate surface area is 201 Å². The largest absolute Gasteiger partial charge is 0.431 e. The van der Waals surface area contributed by atoms with Gasteiger partial charge in [0.15, 0.2) is 0 Å².